The molecule has 11 nitrogen and oxygen atoms in total. The molecule has 0 aromatic heterocycles. The summed E-state index contributed by atoms with van der Waals surface area (Å²) in [6, 6.07) is 6.36. The number of phenolic OH excluding ortho intramolecular Hbond substituents is 1. The molecule has 0 radical (unpaired) electrons. The van der Waals surface area contributed by atoms with Crippen molar-refractivity contribution in [3.8, 4) is 23.0 Å². The third-order valence-corrected chi connectivity index (χ3v) is 9.23. The maximum Gasteiger partial charge on any atom is 0.339 e. The highest BCUT2D eigenvalue weighted by molar-refractivity contribution is 9.12. The highest BCUT2D eigenvalue weighted by atomic mass is 79.9. The molecule has 2 aromatic carbocycles. The van der Waals surface area contributed by atoms with Crippen LogP contribution in [0.4, 0.5) is 5.69 Å². The number of nitrogens with zero attached hydrogens (tertiary/aromatic N) is 1. The first-order chi connectivity index (χ1) is 20.5. The van der Waals surface area contributed by atoms with E-state index in [2.05, 4.69) is 15.9 Å². The molecule has 0 saturated carbocycles. The standard InChI is InChI=1S/C31H24BrNO10/c1-42-13-8-21(35)27(23(9-13)43-2)26-14-5-6-16-24(17(14)10-18-25(26)22(36)11-19(32)28(18)37)30(39)33(29(16)38)12-3-4-15(31(40)41)20(34)7-12/h3-5,7-9,11,16-17,24,26,34-35H,6,10H2,1-2H3,(H,40,41)/t16-,17+,24-,26-/m0/s1. The summed E-state index contributed by atoms with van der Waals surface area (Å²) in [5.74, 6) is -7.06. The summed E-state index contributed by atoms with van der Waals surface area (Å²) in [6.45, 7) is 0. The highest BCUT2D eigenvalue weighted by Gasteiger charge is 2.57. The highest BCUT2D eigenvalue weighted by Crippen LogP contribution is 2.58. The number of hydrogen-bond donors (Lipinski definition) is 3. The molecule has 3 N–H and O–H groups in total. The van der Waals surface area contributed by atoms with Gasteiger partial charge in [0.25, 0.3) is 0 Å². The number of carboxylic acid groups (broad SMARTS) is 1. The van der Waals surface area contributed by atoms with Crippen LogP contribution in [0.25, 0.3) is 0 Å². The van der Waals surface area contributed by atoms with Crippen LogP contribution in [0.3, 0.4) is 0 Å². The second kappa shape index (κ2) is 10.2. The predicted molar refractivity (Wildman–Crippen MR) is 153 cm³/mol. The van der Waals surface area contributed by atoms with Gasteiger partial charge in [-0.1, -0.05) is 11.6 Å². The number of ketones is 2. The van der Waals surface area contributed by atoms with Gasteiger partial charge in [-0.15, -0.1) is 0 Å². The van der Waals surface area contributed by atoms with Crippen LogP contribution >= 0.6 is 15.9 Å². The third-order valence-electron chi connectivity index (χ3n) is 8.64. The Morgan fingerprint density at radius 3 is 2.37 bits per heavy atom. The molecule has 4 atom stereocenters. The van der Waals surface area contributed by atoms with Crippen LogP contribution in [0.1, 0.15) is 34.7 Å². The molecule has 220 valence electrons. The lowest BCUT2D eigenvalue weighted by Gasteiger charge is -2.42. The number of Topliss-reactive ketones (excluding diaryl/α,β-unsaturated/α-hetero) is 1. The van der Waals surface area contributed by atoms with Crippen molar-refractivity contribution in [3.63, 3.8) is 0 Å². The van der Waals surface area contributed by atoms with E-state index in [0.717, 1.165) is 17.0 Å². The van der Waals surface area contributed by atoms with Crippen LogP contribution in [-0.4, -0.2) is 58.9 Å². The number of fused-ring (bicyclic) bond motifs is 3. The molecule has 4 aliphatic rings. The number of rotatable bonds is 5. The number of imide groups is 1. The summed E-state index contributed by atoms with van der Waals surface area (Å²) in [7, 11) is 2.81. The fourth-order valence-electron chi connectivity index (χ4n) is 6.80. The van der Waals surface area contributed by atoms with Gasteiger partial charge in [0.15, 0.2) is 11.6 Å². The lowest BCUT2D eigenvalue weighted by Crippen LogP contribution is -2.39. The number of halogens is 1. The Morgan fingerprint density at radius 1 is 0.977 bits per heavy atom. The average Bonchev–Trinajstić information content (AvgIpc) is 3.23. The SMILES string of the molecule is COc1cc(O)c([C@H]2C3=CC[C@@H]4C(=O)N(c5ccc(C(=O)O)c(O)c5)C(=O)[C@@H]4[C@@H]3CC3=C2C(=O)C=C(Br)C3=O)c(OC)c1. The average molecular weight is 650 g/mol. The number of methoxy groups -OCH3 is 2. The molecule has 0 bridgehead atoms. The molecule has 43 heavy (non-hydrogen) atoms. The number of aromatic hydroxyl groups is 2. The van der Waals surface area contributed by atoms with Gasteiger partial charge in [0.2, 0.25) is 11.8 Å². The van der Waals surface area contributed by atoms with Crippen LogP contribution in [0.15, 0.2) is 63.7 Å². The summed E-state index contributed by atoms with van der Waals surface area (Å²) in [4.78, 5) is 66.9. The van der Waals surface area contributed by atoms with E-state index >= 15 is 0 Å². The minimum Gasteiger partial charge on any atom is -0.507 e. The first-order valence-corrected chi connectivity index (χ1v) is 14.1. The normalized spacial score (nSPS) is 24.7. The Bertz CT molecular complexity index is 1770. The monoisotopic (exact) mass is 649 g/mol. The molecule has 1 heterocycles. The minimum absolute atomic E-state index is 0.00163. The van der Waals surface area contributed by atoms with Crippen LogP contribution in [0, 0.1) is 17.8 Å². The van der Waals surface area contributed by atoms with Gasteiger partial charge in [-0.05, 0) is 46.8 Å². The number of hydrogen-bond acceptors (Lipinski definition) is 9. The number of amides is 2. The zero-order valence-corrected chi connectivity index (χ0v) is 24.4. The maximum absolute atomic E-state index is 14.0. The molecule has 2 amide bonds. The molecule has 0 unspecified atom stereocenters. The van der Waals surface area contributed by atoms with Gasteiger partial charge in [0.1, 0.15) is 28.6 Å². The van der Waals surface area contributed by atoms with Crippen molar-refractivity contribution in [3.05, 3.63) is 74.8 Å². The molecule has 3 aliphatic carbocycles. The fourth-order valence-corrected chi connectivity index (χ4v) is 7.24. The first kappa shape index (κ1) is 28.4. The van der Waals surface area contributed by atoms with Crippen molar-refractivity contribution < 1.29 is 48.8 Å². The van der Waals surface area contributed by atoms with Crippen LogP contribution in [-0.2, 0) is 19.2 Å². The van der Waals surface area contributed by atoms with Gasteiger partial charge >= 0.3 is 5.97 Å². The number of benzene rings is 2. The summed E-state index contributed by atoms with van der Waals surface area (Å²) >= 11 is 3.18. The quantitative estimate of drug-likeness (QED) is 0.246. The molecule has 1 fully saturated rings. The molecular weight excluding hydrogens is 626 g/mol. The molecule has 2 aromatic rings. The lowest BCUT2D eigenvalue weighted by molar-refractivity contribution is -0.123. The van der Waals surface area contributed by atoms with Crippen molar-refractivity contribution >= 4 is 51.0 Å². The van der Waals surface area contributed by atoms with Gasteiger partial charge in [0.05, 0.1) is 36.2 Å². The molecule has 1 aliphatic heterocycles. The van der Waals surface area contributed by atoms with Gasteiger partial charge in [-0.3, -0.25) is 19.2 Å². The summed E-state index contributed by atoms with van der Waals surface area (Å²) in [5.41, 5.74) is 0.789. The third kappa shape index (κ3) is 4.19. The Labute approximate surface area is 252 Å². The predicted octanol–water partition coefficient (Wildman–Crippen LogP) is 3.78. The van der Waals surface area contributed by atoms with Crippen LogP contribution < -0.4 is 14.4 Å². The van der Waals surface area contributed by atoms with Gasteiger partial charge in [-0.2, -0.15) is 0 Å². The molecule has 1 saturated heterocycles. The van der Waals surface area contributed by atoms with Gasteiger partial charge in [-0.25, -0.2) is 9.69 Å². The van der Waals surface area contributed by atoms with E-state index in [0.29, 0.717) is 11.3 Å². The zero-order valence-electron chi connectivity index (χ0n) is 22.8. The lowest BCUT2D eigenvalue weighted by atomic mass is 9.59. The number of carboxylic acids is 1. The Kier molecular flexibility index (Phi) is 6.76. The van der Waals surface area contributed by atoms with E-state index in [1.807, 2.05) is 0 Å². The Balaban J connectivity index is 1.50. The van der Waals surface area contributed by atoms with E-state index < -0.39 is 58.8 Å². The summed E-state index contributed by atoms with van der Waals surface area (Å²) in [6.07, 6.45) is 3.11. The van der Waals surface area contributed by atoms with Crippen molar-refractivity contribution in [1.82, 2.24) is 0 Å². The zero-order chi connectivity index (χ0) is 30.9. The van der Waals surface area contributed by atoms with Crippen molar-refractivity contribution in [2.75, 3.05) is 19.1 Å². The van der Waals surface area contributed by atoms with E-state index in [-0.39, 0.29) is 56.8 Å². The summed E-state index contributed by atoms with van der Waals surface area (Å²) < 4.78 is 10.9. The fraction of sp³-hybridized carbons (Fsp3) is 0.258. The van der Waals surface area contributed by atoms with Crippen LogP contribution in [0.5, 0.6) is 23.0 Å². The van der Waals surface area contributed by atoms with Gasteiger partial charge in [0, 0.05) is 46.9 Å². The first-order valence-electron chi connectivity index (χ1n) is 13.3. The second-order valence-electron chi connectivity index (χ2n) is 10.7. The molecular formula is C31H24BrNO10. The van der Waals surface area contributed by atoms with Crippen LogP contribution in [0.2, 0.25) is 0 Å². The van der Waals surface area contributed by atoms with E-state index in [4.69, 9.17) is 9.47 Å². The van der Waals surface area contributed by atoms with Crippen molar-refractivity contribution in [2.24, 2.45) is 17.8 Å². The largest absolute Gasteiger partial charge is 0.507 e. The van der Waals surface area contributed by atoms with E-state index in [1.54, 1.807) is 12.1 Å². The van der Waals surface area contributed by atoms with Crippen molar-refractivity contribution in [2.45, 2.75) is 18.8 Å². The topological polar surface area (TPSA) is 168 Å². The smallest absolute Gasteiger partial charge is 0.339 e. The number of anilines is 1. The van der Waals surface area contributed by atoms with Gasteiger partial charge < -0.3 is 24.8 Å². The van der Waals surface area contributed by atoms with Crippen molar-refractivity contribution in [1.29, 1.82) is 0 Å². The molecule has 12 heteroatoms. The number of aromatic carboxylic acids is 1. The van der Waals surface area contributed by atoms with E-state index in [1.165, 1.54) is 32.4 Å². The second-order valence-corrected chi connectivity index (χ2v) is 11.5. The van der Waals surface area contributed by atoms with E-state index in [9.17, 15) is 39.3 Å². The Morgan fingerprint density at radius 2 is 1.72 bits per heavy atom. The minimum atomic E-state index is -1.37. The number of phenols is 2. The number of allylic oxidation sites excluding steroid dienone is 6. The molecule has 0 spiro atoms. The maximum atomic E-state index is 14.0. The summed E-state index contributed by atoms with van der Waals surface area (Å²) in [5, 5.41) is 30.7. The number of ether oxygens (including phenoxy) is 2. The molecule has 6 rings (SSSR count). The number of carbonyl (C=O) groups is 5. The Hall–Kier alpha value is -4.71. The number of carbonyl (C=O) groups excluding carboxylic acids is 4.